The molecule has 0 unspecified atom stereocenters. The fourth-order valence-electron chi connectivity index (χ4n) is 2.08. The van der Waals surface area contributed by atoms with Crippen molar-refractivity contribution in [3.8, 4) is 5.75 Å². The molecule has 0 atom stereocenters. The molecule has 3 rings (SSSR count). The van der Waals surface area contributed by atoms with Gasteiger partial charge in [0.2, 0.25) is 0 Å². The Morgan fingerprint density at radius 2 is 1.95 bits per heavy atom. The van der Waals surface area contributed by atoms with Gasteiger partial charge in [-0.15, -0.1) is 0 Å². The van der Waals surface area contributed by atoms with Gasteiger partial charge in [0.25, 0.3) is 11.8 Å². The molecule has 94 valence electrons. The van der Waals surface area contributed by atoms with Crippen molar-refractivity contribution in [1.29, 1.82) is 0 Å². The zero-order chi connectivity index (χ0) is 13.6. The fraction of sp³-hybridized carbons (Fsp3) is 0.0714. The number of imide groups is 1. The molecule has 0 fully saturated rings. The summed E-state index contributed by atoms with van der Waals surface area (Å²) in [7, 11) is 0. The van der Waals surface area contributed by atoms with E-state index in [2.05, 4.69) is 4.98 Å². The molecule has 1 aliphatic rings. The third kappa shape index (κ3) is 1.59. The van der Waals surface area contributed by atoms with Crippen LogP contribution in [0, 0.1) is 6.92 Å². The van der Waals surface area contributed by atoms with Crippen LogP contribution in [0.4, 0.5) is 5.69 Å². The number of hydrogen-bond acceptors (Lipinski definition) is 4. The molecule has 0 aliphatic carbocycles. The highest BCUT2D eigenvalue weighted by atomic mass is 16.3. The van der Waals surface area contributed by atoms with Crippen molar-refractivity contribution >= 4 is 17.5 Å². The Bertz CT molecular complexity index is 675. The molecule has 1 aliphatic heterocycles. The summed E-state index contributed by atoms with van der Waals surface area (Å²) in [6.07, 6.45) is 1.48. The van der Waals surface area contributed by atoms with E-state index in [9.17, 15) is 14.7 Å². The van der Waals surface area contributed by atoms with E-state index in [-0.39, 0.29) is 11.4 Å². The van der Waals surface area contributed by atoms with Crippen LogP contribution in [0.2, 0.25) is 0 Å². The van der Waals surface area contributed by atoms with Crippen molar-refractivity contribution in [1.82, 2.24) is 4.98 Å². The van der Waals surface area contributed by atoms with E-state index >= 15 is 0 Å². The summed E-state index contributed by atoms with van der Waals surface area (Å²) in [5.74, 6) is -0.706. The minimum absolute atomic E-state index is 0.124. The summed E-state index contributed by atoms with van der Waals surface area (Å²) in [4.78, 5) is 29.4. The van der Waals surface area contributed by atoms with Crippen LogP contribution in [-0.4, -0.2) is 21.9 Å². The lowest BCUT2D eigenvalue weighted by Crippen LogP contribution is -2.29. The number of phenolic OH excluding ortho intramolecular Hbond substituents is 1. The zero-order valence-electron chi connectivity index (χ0n) is 10.1. The maximum absolute atomic E-state index is 12.2. The van der Waals surface area contributed by atoms with Crippen LogP contribution < -0.4 is 4.90 Å². The topological polar surface area (TPSA) is 70.5 Å². The third-order valence-corrected chi connectivity index (χ3v) is 3.09. The van der Waals surface area contributed by atoms with Crippen molar-refractivity contribution in [2.75, 3.05) is 4.90 Å². The summed E-state index contributed by atoms with van der Waals surface area (Å²) < 4.78 is 0. The molecule has 19 heavy (non-hydrogen) atoms. The molecule has 5 heteroatoms. The Hall–Kier alpha value is -2.69. The van der Waals surface area contributed by atoms with Gasteiger partial charge in [0.15, 0.2) is 0 Å². The van der Waals surface area contributed by atoms with Gasteiger partial charge in [0.05, 0.1) is 11.3 Å². The molecule has 2 aromatic rings. The average Bonchev–Trinajstić information content (AvgIpc) is 2.66. The van der Waals surface area contributed by atoms with Crippen molar-refractivity contribution < 1.29 is 14.7 Å². The summed E-state index contributed by atoms with van der Waals surface area (Å²) in [5.41, 5.74) is 1.50. The van der Waals surface area contributed by atoms with Crippen molar-refractivity contribution in [3.63, 3.8) is 0 Å². The first-order valence-electron chi connectivity index (χ1n) is 5.73. The Balaban J connectivity index is 2.11. The van der Waals surface area contributed by atoms with E-state index in [4.69, 9.17) is 0 Å². The zero-order valence-corrected chi connectivity index (χ0v) is 10.1. The molecule has 0 saturated heterocycles. The van der Waals surface area contributed by atoms with Gasteiger partial charge in [0.1, 0.15) is 11.4 Å². The molecule has 0 spiro atoms. The van der Waals surface area contributed by atoms with Gasteiger partial charge >= 0.3 is 0 Å². The van der Waals surface area contributed by atoms with Crippen LogP contribution in [0.5, 0.6) is 5.75 Å². The number of phenols is 1. The average molecular weight is 254 g/mol. The van der Waals surface area contributed by atoms with E-state index in [1.54, 1.807) is 25.1 Å². The van der Waals surface area contributed by atoms with Crippen LogP contribution in [-0.2, 0) is 0 Å². The van der Waals surface area contributed by atoms with Gasteiger partial charge in [-0.25, -0.2) is 4.90 Å². The summed E-state index contributed by atoms with van der Waals surface area (Å²) >= 11 is 0. The largest absolute Gasteiger partial charge is 0.508 e. The highest BCUT2D eigenvalue weighted by Gasteiger charge is 2.37. The SMILES string of the molecule is Cc1cc(N2C(=O)c3cccnc3C2=O)ccc1O. The van der Waals surface area contributed by atoms with Gasteiger partial charge in [-0.05, 0) is 42.8 Å². The van der Waals surface area contributed by atoms with Crippen molar-refractivity contribution in [2.24, 2.45) is 0 Å². The number of nitrogens with zero attached hydrogens (tertiary/aromatic N) is 2. The normalized spacial score (nSPS) is 13.8. The monoisotopic (exact) mass is 254 g/mol. The number of carbonyl (C=O) groups excluding carboxylic acids is 2. The van der Waals surface area contributed by atoms with Crippen LogP contribution >= 0.6 is 0 Å². The van der Waals surface area contributed by atoms with Crippen molar-refractivity contribution in [3.05, 3.63) is 53.3 Å². The second-order valence-corrected chi connectivity index (χ2v) is 4.32. The molecule has 2 amide bonds. The number of carbonyl (C=O) groups is 2. The molecule has 0 bridgehead atoms. The van der Waals surface area contributed by atoms with Crippen LogP contribution in [0.1, 0.15) is 26.4 Å². The minimum Gasteiger partial charge on any atom is -0.508 e. The third-order valence-electron chi connectivity index (χ3n) is 3.09. The number of hydrogen-bond donors (Lipinski definition) is 1. The molecule has 1 N–H and O–H groups in total. The number of rotatable bonds is 1. The Morgan fingerprint density at radius 1 is 1.16 bits per heavy atom. The van der Waals surface area contributed by atoms with Gasteiger partial charge in [-0.2, -0.15) is 0 Å². The molecule has 0 saturated carbocycles. The van der Waals surface area contributed by atoms with E-state index < -0.39 is 11.8 Å². The number of benzene rings is 1. The highest BCUT2D eigenvalue weighted by Crippen LogP contribution is 2.29. The maximum Gasteiger partial charge on any atom is 0.284 e. The van der Waals surface area contributed by atoms with E-state index in [0.717, 1.165) is 4.90 Å². The van der Waals surface area contributed by atoms with E-state index in [1.807, 2.05) is 0 Å². The van der Waals surface area contributed by atoms with E-state index in [1.165, 1.54) is 18.3 Å². The summed E-state index contributed by atoms with van der Waals surface area (Å²) in [5, 5.41) is 9.49. The highest BCUT2D eigenvalue weighted by molar-refractivity contribution is 6.33. The van der Waals surface area contributed by atoms with Gasteiger partial charge < -0.3 is 5.11 Å². The van der Waals surface area contributed by atoms with Gasteiger partial charge in [0, 0.05) is 6.20 Å². The molecular formula is C14H10N2O3. The summed E-state index contributed by atoms with van der Waals surface area (Å²) in [6.45, 7) is 1.70. The van der Waals surface area contributed by atoms with Gasteiger partial charge in [-0.1, -0.05) is 0 Å². The molecule has 2 heterocycles. The van der Waals surface area contributed by atoms with Crippen molar-refractivity contribution in [2.45, 2.75) is 6.92 Å². The number of fused-ring (bicyclic) bond motifs is 1. The predicted octanol–water partition coefficient (Wildman–Crippen LogP) is 1.90. The Kier molecular flexibility index (Phi) is 2.35. The number of aromatic nitrogens is 1. The second-order valence-electron chi connectivity index (χ2n) is 4.32. The summed E-state index contributed by atoms with van der Waals surface area (Å²) in [6, 6.07) is 7.79. The smallest absolute Gasteiger partial charge is 0.284 e. The van der Waals surface area contributed by atoms with Crippen LogP contribution in [0.15, 0.2) is 36.5 Å². The number of anilines is 1. The fourth-order valence-corrected chi connectivity index (χ4v) is 2.08. The number of amides is 2. The molecule has 0 radical (unpaired) electrons. The molecule has 1 aromatic heterocycles. The molecular weight excluding hydrogens is 244 g/mol. The second kappa shape index (κ2) is 3.91. The quantitative estimate of drug-likeness (QED) is 0.789. The van der Waals surface area contributed by atoms with Crippen LogP contribution in [0.3, 0.4) is 0 Å². The Morgan fingerprint density at radius 3 is 2.63 bits per heavy atom. The lowest BCUT2D eigenvalue weighted by Gasteiger charge is -2.14. The lowest BCUT2D eigenvalue weighted by atomic mass is 10.2. The number of aryl methyl sites for hydroxylation is 1. The molecule has 1 aromatic carbocycles. The first kappa shape index (κ1) is 11.4. The van der Waals surface area contributed by atoms with Crippen LogP contribution in [0.25, 0.3) is 0 Å². The lowest BCUT2D eigenvalue weighted by molar-refractivity contribution is 0.0924. The maximum atomic E-state index is 12.2. The number of aromatic hydroxyl groups is 1. The minimum atomic E-state index is -0.439. The Labute approximate surface area is 109 Å². The number of pyridine rings is 1. The standard InChI is InChI=1S/C14H10N2O3/c1-8-7-9(4-5-11(8)17)16-13(18)10-3-2-6-15-12(10)14(16)19/h2-7,17H,1H3. The molecule has 5 nitrogen and oxygen atoms in total. The predicted molar refractivity (Wildman–Crippen MR) is 68.2 cm³/mol. The first-order chi connectivity index (χ1) is 9.09. The van der Waals surface area contributed by atoms with E-state index in [0.29, 0.717) is 16.8 Å². The van der Waals surface area contributed by atoms with Gasteiger partial charge in [-0.3, -0.25) is 14.6 Å². The first-order valence-corrected chi connectivity index (χ1v) is 5.73.